The molecule has 0 amide bonds. The Morgan fingerprint density at radius 2 is 2.28 bits per heavy atom. The van der Waals surface area contributed by atoms with Gasteiger partial charge in [0.15, 0.2) is 0 Å². The smallest absolute Gasteiger partial charge is 0.139 e. The maximum absolute atomic E-state index is 10.4. The van der Waals surface area contributed by atoms with Crippen LogP contribution in [-0.2, 0) is 6.54 Å². The molecule has 2 rings (SSSR count). The molecule has 18 heavy (non-hydrogen) atoms. The highest BCUT2D eigenvalue weighted by Crippen LogP contribution is 2.27. The van der Waals surface area contributed by atoms with Gasteiger partial charge in [-0.15, -0.1) is 0 Å². The number of aryl methyl sites for hydroxylation is 2. The molecule has 0 bridgehead atoms. The van der Waals surface area contributed by atoms with Gasteiger partial charge in [-0.1, -0.05) is 6.92 Å². The van der Waals surface area contributed by atoms with Gasteiger partial charge in [-0.3, -0.25) is 4.68 Å². The minimum atomic E-state index is -0.796. The number of hydrogen-bond acceptors (Lipinski definition) is 4. The summed E-state index contributed by atoms with van der Waals surface area (Å²) in [6, 6.07) is 1.72. The Morgan fingerprint density at radius 1 is 1.50 bits per heavy atom. The Balaban J connectivity index is 2.39. The van der Waals surface area contributed by atoms with Gasteiger partial charge < -0.3 is 5.11 Å². The van der Waals surface area contributed by atoms with Crippen LogP contribution in [0.3, 0.4) is 0 Å². The maximum Gasteiger partial charge on any atom is 0.139 e. The van der Waals surface area contributed by atoms with Crippen molar-refractivity contribution in [3.8, 4) is 0 Å². The molecule has 0 fully saturated rings. The fourth-order valence-electron chi connectivity index (χ4n) is 1.80. The molecule has 0 saturated carbocycles. The molecule has 1 atom stereocenters. The van der Waals surface area contributed by atoms with Crippen molar-refractivity contribution in [3.05, 3.63) is 40.1 Å². The standard InChI is InChI=1S/C12H15BrN4O/c1-3-6-17-11(9(13)7-15-17)12(18)10-4-5-14-8(2)16-10/h4-5,7,12,18H,3,6H2,1-2H3. The second-order valence-corrected chi connectivity index (χ2v) is 4.89. The van der Waals surface area contributed by atoms with Gasteiger partial charge in [-0.2, -0.15) is 5.10 Å². The first-order valence-electron chi connectivity index (χ1n) is 5.82. The number of hydrogen-bond donors (Lipinski definition) is 1. The fourth-order valence-corrected chi connectivity index (χ4v) is 2.31. The van der Waals surface area contributed by atoms with Crippen molar-refractivity contribution in [2.75, 3.05) is 0 Å². The Hall–Kier alpha value is -1.27. The number of aliphatic hydroxyl groups excluding tert-OH is 1. The van der Waals surface area contributed by atoms with E-state index in [1.807, 2.05) is 0 Å². The first-order chi connectivity index (χ1) is 8.63. The van der Waals surface area contributed by atoms with Crippen molar-refractivity contribution in [3.63, 3.8) is 0 Å². The van der Waals surface area contributed by atoms with Gasteiger partial charge in [0.2, 0.25) is 0 Å². The van der Waals surface area contributed by atoms with Gasteiger partial charge in [-0.05, 0) is 35.3 Å². The highest BCUT2D eigenvalue weighted by atomic mass is 79.9. The van der Waals surface area contributed by atoms with E-state index in [-0.39, 0.29) is 0 Å². The first kappa shape index (κ1) is 13.2. The van der Waals surface area contributed by atoms with E-state index in [2.05, 4.69) is 37.9 Å². The quantitative estimate of drug-likeness (QED) is 0.940. The van der Waals surface area contributed by atoms with Crippen LogP contribution in [-0.4, -0.2) is 24.9 Å². The molecular formula is C12H15BrN4O. The van der Waals surface area contributed by atoms with Gasteiger partial charge in [-0.25, -0.2) is 9.97 Å². The van der Waals surface area contributed by atoms with Crippen molar-refractivity contribution in [1.82, 2.24) is 19.7 Å². The Morgan fingerprint density at radius 3 is 2.94 bits per heavy atom. The molecule has 0 spiro atoms. The van der Waals surface area contributed by atoms with Crippen molar-refractivity contribution in [1.29, 1.82) is 0 Å². The highest BCUT2D eigenvalue weighted by Gasteiger charge is 2.20. The molecule has 0 aromatic carbocycles. The molecule has 0 radical (unpaired) electrons. The van der Waals surface area contributed by atoms with Crippen LogP contribution >= 0.6 is 15.9 Å². The number of aromatic nitrogens is 4. The molecule has 1 unspecified atom stereocenters. The first-order valence-corrected chi connectivity index (χ1v) is 6.61. The van der Waals surface area contributed by atoms with Crippen LogP contribution < -0.4 is 0 Å². The summed E-state index contributed by atoms with van der Waals surface area (Å²) in [4.78, 5) is 8.28. The summed E-state index contributed by atoms with van der Waals surface area (Å²) in [6.45, 7) is 4.64. The predicted octanol–water partition coefficient (Wildman–Crippen LogP) is 2.24. The second kappa shape index (κ2) is 5.58. The van der Waals surface area contributed by atoms with Crippen LogP contribution in [0.25, 0.3) is 0 Å². The fraction of sp³-hybridized carbons (Fsp3) is 0.417. The van der Waals surface area contributed by atoms with Crippen molar-refractivity contribution in [2.45, 2.75) is 32.9 Å². The van der Waals surface area contributed by atoms with E-state index in [9.17, 15) is 5.11 Å². The van der Waals surface area contributed by atoms with Gasteiger partial charge in [0.05, 0.1) is 22.1 Å². The van der Waals surface area contributed by atoms with E-state index in [0.717, 1.165) is 23.1 Å². The van der Waals surface area contributed by atoms with Crippen LogP contribution in [0.5, 0.6) is 0 Å². The van der Waals surface area contributed by atoms with E-state index < -0.39 is 6.10 Å². The third-order valence-corrected chi connectivity index (χ3v) is 3.22. The summed E-state index contributed by atoms with van der Waals surface area (Å²) in [5.74, 6) is 0.643. The van der Waals surface area contributed by atoms with Crippen LogP contribution in [0.4, 0.5) is 0 Å². The molecule has 0 saturated heterocycles. The summed E-state index contributed by atoms with van der Waals surface area (Å²) in [5, 5.41) is 14.7. The molecule has 2 heterocycles. The van der Waals surface area contributed by atoms with Gasteiger partial charge in [0, 0.05) is 12.7 Å². The SMILES string of the molecule is CCCn1ncc(Br)c1C(O)c1ccnc(C)n1. The van der Waals surface area contributed by atoms with Crippen molar-refractivity contribution < 1.29 is 5.11 Å². The summed E-state index contributed by atoms with van der Waals surface area (Å²) in [7, 11) is 0. The number of aliphatic hydroxyl groups is 1. The minimum absolute atomic E-state index is 0.584. The Bertz CT molecular complexity index is 541. The average Bonchev–Trinajstić information content (AvgIpc) is 2.70. The third-order valence-electron chi connectivity index (χ3n) is 2.61. The van der Waals surface area contributed by atoms with E-state index in [0.29, 0.717) is 11.5 Å². The zero-order valence-corrected chi connectivity index (χ0v) is 11.9. The Labute approximate surface area is 114 Å². The molecule has 0 aliphatic carbocycles. The molecule has 5 nitrogen and oxygen atoms in total. The normalized spacial score (nSPS) is 12.7. The van der Waals surface area contributed by atoms with Gasteiger partial charge in [0.1, 0.15) is 11.9 Å². The highest BCUT2D eigenvalue weighted by molar-refractivity contribution is 9.10. The third kappa shape index (κ3) is 2.59. The summed E-state index contributed by atoms with van der Waals surface area (Å²) < 4.78 is 2.59. The molecular weight excluding hydrogens is 296 g/mol. The predicted molar refractivity (Wildman–Crippen MR) is 71.0 cm³/mol. The largest absolute Gasteiger partial charge is 0.380 e. The molecule has 0 aliphatic rings. The van der Waals surface area contributed by atoms with Crippen LogP contribution in [0.2, 0.25) is 0 Å². The molecule has 96 valence electrons. The lowest BCUT2D eigenvalue weighted by Gasteiger charge is -2.13. The van der Waals surface area contributed by atoms with Crippen LogP contribution in [0.1, 0.15) is 36.7 Å². The van der Waals surface area contributed by atoms with Gasteiger partial charge in [0.25, 0.3) is 0 Å². The average molecular weight is 311 g/mol. The van der Waals surface area contributed by atoms with E-state index in [4.69, 9.17) is 0 Å². The van der Waals surface area contributed by atoms with Gasteiger partial charge >= 0.3 is 0 Å². The molecule has 6 heteroatoms. The molecule has 1 N–H and O–H groups in total. The van der Waals surface area contributed by atoms with Crippen LogP contribution in [0, 0.1) is 6.92 Å². The lowest BCUT2D eigenvalue weighted by molar-refractivity contribution is 0.201. The van der Waals surface area contributed by atoms with E-state index in [1.165, 1.54) is 0 Å². The molecule has 2 aromatic rings. The van der Waals surface area contributed by atoms with E-state index in [1.54, 1.807) is 30.1 Å². The monoisotopic (exact) mass is 310 g/mol. The minimum Gasteiger partial charge on any atom is -0.380 e. The van der Waals surface area contributed by atoms with Crippen molar-refractivity contribution >= 4 is 15.9 Å². The van der Waals surface area contributed by atoms with E-state index >= 15 is 0 Å². The number of rotatable bonds is 4. The number of halogens is 1. The summed E-state index contributed by atoms with van der Waals surface area (Å²) in [5.41, 5.74) is 1.32. The number of nitrogens with zero attached hydrogens (tertiary/aromatic N) is 4. The summed E-state index contributed by atoms with van der Waals surface area (Å²) in [6.07, 6.45) is 3.50. The molecule has 0 aliphatic heterocycles. The zero-order chi connectivity index (χ0) is 13.1. The summed E-state index contributed by atoms with van der Waals surface area (Å²) >= 11 is 3.42. The Kier molecular flexibility index (Phi) is 4.08. The second-order valence-electron chi connectivity index (χ2n) is 4.03. The lowest BCUT2D eigenvalue weighted by atomic mass is 10.2. The topological polar surface area (TPSA) is 63.8 Å². The maximum atomic E-state index is 10.4. The lowest BCUT2D eigenvalue weighted by Crippen LogP contribution is -2.12. The molecule has 2 aromatic heterocycles. The van der Waals surface area contributed by atoms with Crippen LogP contribution in [0.15, 0.2) is 22.9 Å². The zero-order valence-electron chi connectivity index (χ0n) is 10.3. The van der Waals surface area contributed by atoms with Crippen molar-refractivity contribution in [2.24, 2.45) is 0 Å².